The molecule has 2 N–H and O–H groups in total. The Labute approximate surface area is 99.8 Å². The Hall–Kier alpha value is -1.69. The van der Waals surface area contributed by atoms with Gasteiger partial charge in [0.2, 0.25) is 0 Å². The highest BCUT2D eigenvalue weighted by Gasteiger charge is 2.19. The average molecular weight is 236 g/mol. The van der Waals surface area contributed by atoms with Crippen LogP contribution in [0.3, 0.4) is 0 Å². The quantitative estimate of drug-likeness (QED) is 0.748. The molecule has 1 aromatic heterocycles. The summed E-state index contributed by atoms with van der Waals surface area (Å²) < 4.78 is 4.72. The van der Waals surface area contributed by atoms with Gasteiger partial charge >= 0.3 is 6.09 Å². The number of carbonyl (C=O) groups excluding carboxylic acids is 1. The van der Waals surface area contributed by atoms with Crippen molar-refractivity contribution in [1.29, 1.82) is 0 Å². The van der Waals surface area contributed by atoms with E-state index in [1.165, 1.54) is 7.11 Å². The number of fused-ring (bicyclic) bond motifs is 1. The van der Waals surface area contributed by atoms with E-state index in [-0.39, 0.29) is 6.09 Å². The number of methoxy groups -OCH3 is 1. The van der Waals surface area contributed by atoms with E-state index in [1.807, 2.05) is 6.20 Å². The monoisotopic (exact) mass is 236 g/mol. The molecule has 0 aliphatic carbocycles. The molecule has 1 amide bonds. The van der Waals surface area contributed by atoms with Gasteiger partial charge in [0.15, 0.2) is 0 Å². The van der Waals surface area contributed by atoms with E-state index in [9.17, 15) is 4.79 Å². The highest BCUT2D eigenvalue weighted by Crippen LogP contribution is 2.13. The number of nitrogens with zero attached hydrogens (tertiary/aromatic N) is 3. The molecule has 92 valence electrons. The van der Waals surface area contributed by atoms with E-state index in [1.54, 1.807) is 4.90 Å². The van der Waals surface area contributed by atoms with E-state index in [2.05, 4.69) is 9.97 Å². The van der Waals surface area contributed by atoms with Crippen molar-refractivity contribution in [2.24, 2.45) is 5.73 Å². The Morgan fingerprint density at radius 1 is 1.53 bits per heavy atom. The first kappa shape index (κ1) is 11.8. The van der Waals surface area contributed by atoms with Gasteiger partial charge in [-0.2, -0.15) is 0 Å². The zero-order valence-electron chi connectivity index (χ0n) is 9.85. The molecule has 6 nitrogen and oxygen atoms in total. The molecule has 0 spiro atoms. The summed E-state index contributed by atoms with van der Waals surface area (Å²) in [6, 6.07) is 0. The molecule has 0 bridgehead atoms. The van der Waals surface area contributed by atoms with Crippen LogP contribution in [0.15, 0.2) is 6.20 Å². The lowest BCUT2D eigenvalue weighted by Crippen LogP contribution is -2.33. The topological polar surface area (TPSA) is 81.3 Å². The van der Waals surface area contributed by atoms with Gasteiger partial charge in [0, 0.05) is 31.4 Å². The molecule has 1 aliphatic rings. The van der Waals surface area contributed by atoms with E-state index < -0.39 is 0 Å². The van der Waals surface area contributed by atoms with E-state index in [4.69, 9.17) is 10.5 Å². The number of carbonyl (C=O) groups is 1. The van der Waals surface area contributed by atoms with Crippen LogP contribution in [0.25, 0.3) is 0 Å². The van der Waals surface area contributed by atoms with Crippen LogP contribution in [-0.4, -0.2) is 41.2 Å². The lowest BCUT2D eigenvalue weighted by molar-refractivity contribution is 0.125. The molecule has 0 atom stereocenters. The van der Waals surface area contributed by atoms with Crippen molar-refractivity contribution in [1.82, 2.24) is 14.9 Å². The number of ether oxygens (including phenoxy) is 1. The van der Waals surface area contributed by atoms with Crippen LogP contribution in [0.4, 0.5) is 4.79 Å². The standard InChI is InChI=1S/C11H16N4O2/c1-17-11(16)15-4-2-8-7-13-10(6-12)14-9(8)3-5-15/h7H,2-6,12H2,1H3. The van der Waals surface area contributed by atoms with Crippen LogP contribution in [0.1, 0.15) is 17.1 Å². The van der Waals surface area contributed by atoms with Gasteiger partial charge in [-0.25, -0.2) is 14.8 Å². The normalized spacial score (nSPS) is 15.1. The van der Waals surface area contributed by atoms with Crippen molar-refractivity contribution in [3.05, 3.63) is 23.3 Å². The maximum atomic E-state index is 11.4. The second-order valence-corrected chi connectivity index (χ2v) is 3.92. The molecule has 0 unspecified atom stereocenters. The smallest absolute Gasteiger partial charge is 0.409 e. The summed E-state index contributed by atoms with van der Waals surface area (Å²) in [5.74, 6) is 0.648. The van der Waals surface area contributed by atoms with Crippen molar-refractivity contribution in [3.63, 3.8) is 0 Å². The number of rotatable bonds is 1. The number of hydrogen-bond acceptors (Lipinski definition) is 5. The largest absolute Gasteiger partial charge is 0.453 e. The summed E-state index contributed by atoms with van der Waals surface area (Å²) in [6.45, 7) is 1.61. The molecule has 2 rings (SSSR count). The summed E-state index contributed by atoms with van der Waals surface area (Å²) in [5.41, 5.74) is 7.59. The Morgan fingerprint density at radius 2 is 2.29 bits per heavy atom. The Bertz CT molecular complexity index is 422. The van der Waals surface area contributed by atoms with Gasteiger partial charge in [0.05, 0.1) is 13.7 Å². The molecule has 1 aliphatic heterocycles. The van der Waals surface area contributed by atoms with E-state index in [0.717, 1.165) is 24.1 Å². The van der Waals surface area contributed by atoms with Gasteiger partial charge in [-0.1, -0.05) is 0 Å². The Balaban J connectivity index is 2.15. The maximum Gasteiger partial charge on any atom is 0.409 e. The first-order chi connectivity index (χ1) is 8.24. The zero-order chi connectivity index (χ0) is 12.3. The average Bonchev–Trinajstić information content (AvgIpc) is 2.59. The highest BCUT2D eigenvalue weighted by molar-refractivity contribution is 5.67. The van der Waals surface area contributed by atoms with Crippen LogP contribution in [0.2, 0.25) is 0 Å². The van der Waals surface area contributed by atoms with Crippen LogP contribution >= 0.6 is 0 Å². The summed E-state index contributed by atoms with van der Waals surface area (Å²) in [4.78, 5) is 21.7. The fourth-order valence-electron chi connectivity index (χ4n) is 1.93. The zero-order valence-corrected chi connectivity index (χ0v) is 9.85. The Kier molecular flexibility index (Phi) is 3.53. The molecular weight excluding hydrogens is 220 g/mol. The minimum absolute atomic E-state index is 0.287. The lowest BCUT2D eigenvalue weighted by atomic mass is 10.1. The number of aromatic nitrogens is 2. The lowest BCUT2D eigenvalue weighted by Gasteiger charge is -2.17. The second kappa shape index (κ2) is 5.09. The second-order valence-electron chi connectivity index (χ2n) is 3.92. The predicted molar refractivity (Wildman–Crippen MR) is 61.3 cm³/mol. The Morgan fingerprint density at radius 3 is 3.00 bits per heavy atom. The van der Waals surface area contributed by atoms with Crippen LogP contribution in [0, 0.1) is 0 Å². The molecular formula is C11H16N4O2. The molecule has 0 saturated carbocycles. The van der Waals surface area contributed by atoms with Crippen LogP contribution < -0.4 is 5.73 Å². The van der Waals surface area contributed by atoms with Gasteiger partial charge in [-0.05, 0) is 12.0 Å². The molecule has 1 aromatic rings. The third kappa shape index (κ3) is 2.52. The van der Waals surface area contributed by atoms with Crippen LogP contribution in [-0.2, 0) is 24.1 Å². The van der Waals surface area contributed by atoms with Gasteiger partial charge in [-0.15, -0.1) is 0 Å². The molecule has 0 radical (unpaired) electrons. The third-order valence-corrected chi connectivity index (χ3v) is 2.89. The van der Waals surface area contributed by atoms with Crippen molar-refractivity contribution in [2.75, 3.05) is 20.2 Å². The minimum Gasteiger partial charge on any atom is -0.453 e. The summed E-state index contributed by atoms with van der Waals surface area (Å²) in [6.07, 6.45) is 3.00. The first-order valence-electron chi connectivity index (χ1n) is 5.61. The summed E-state index contributed by atoms with van der Waals surface area (Å²) in [7, 11) is 1.40. The SMILES string of the molecule is COC(=O)N1CCc2cnc(CN)nc2CC1. The molecule has 0 aromatic carbocycles. The maximum absolute atomic E-state index is 11.4. The van der Waals surface area contributed by atoms with Crippen molar-refractivity contribution in [3.8, 4) is 0 Å². The van der Waals surface area contributed by atoms with Gasteiger partial charge in [-0.3, -0.25) is 0 Å². The fourth-order valence-corrected chi connectivity index (χ4v) is 1.93. The molecule has 2 heterocycles. The van der Waals surface area contributed by atoms with E-state index >= 15 is 0 Å². The first-order valence-corrected chi connectivity index (χ1v) is 5.61. The molecule has 0 fully saturated rings. The molecule has 17 heavy (non-hydrogen) atoms. The third-order valence-electron chi connectivity index (χ3n) is 2.89. The minimum atomic E-state index is -0.287. The molecule has 0 saturated heterocycles. The summed E-state index contributed by atoms with van der Waals surface area (Å²) in [5, 5.41) is 0. The van der Waals surface area contributed by atoms with Gasteiger partial charge < -0.3 is 15.4 Å². The number of amides is 1. The fraction of sp³-hybridized carbons (Fsp3) is 0.545. The van der Waals surface area contributed by atoms with Gasteiger partial charge in [0.25, 0.3) is 0 Å². The van der Waals surface area contributed by atoms with E-state index in [0.29, 0.717) is 25.5 Å². The number of hydrogen-bond donors (Lipinski definition) is 1. The van der Waals surface area contributed by atoms with Crippen molar-refractivity contribution < 1.29 is 9.53 Å². The predicted octanol–water partition coefficient (Wildman–Crippen LogP) is 0.102. The highest BCUT2D eigenvalue weighted by atomic mass is 16.5. The van der Waals surface area contributed by atoms with Crippen molar-refractivity contribution >= 4 is 6.09 Å². The van der Waals surface area contributed by atoms with Crippen LogP contribution in [0.5, 0.6) is 0 Å². The van der Waals surface area contributed by atoms with Crippen molar-refractivity contribution in [2.45, 2.75) is 19.4 Å². The number of nitrogens with two attached hydrogens (primary N) is 1. The van der Waals surface area contributed by atoms with Gasteiger partial charge in [0.1, 0.15) is 5.82 Å². The summed E-state index contributed by atoms with van der Waals surface area (Å²) >= 11 is 0. The molecule has 6 heteroatoms.